The Morgan fingerprint density at radius 1 is 1.85 bits per heavy atom. The summed E-state index contributed by atoms with van der Waals surface area (Å²) in [6.07, 6.45) is -0.202. The number of aromatic nitrogens is 1. The normalized spacial score (nSPS) is 12.8. The van der Waals surface area contributed by atoms with Crippen molar-refractivity contribution >= 4 is 17.6 Å². The average molecular weight is 205 g/mol. The average Bonchev–Trinajstić information content (AvgIpc) is 2.28. The van der Waals surface area contributed by atoms with E-state index < -0.39 is 12.0 Å². The number of carbonyl (C=O) groups is 1. The fraction of sp³-hybridized carbons (Fsp3) is 0.429. The molecule has 0 aliphatic heterocycles. The number of aryl methyl sites for hydroxylation is 1. The molecule has 1 atom stereocenters. The van der Waals surface area contributed by atoms with Crippen LogP contribution in [0.5, 0.6) is 0 Å². The van der Waals surface area contributed by atoms with Crippen molar-refractivity contribution in [2.75, 3.05) is 0 Å². The summed E-state index contributed by atoms with van der Waals surface area (Å²) in [6, 6.07) is -0.697. The number of carboxylic acids is 1. The summed E-state index contributed by atoms with van der Waals surface area (Å²) in [5.74, 6) is -0.660. The van der Waals surface area contributed by atoms with Gasteiger partial charge in [-0.15, -0.1) is 0 Å². The van der Waals surface area contributed by atoms with Crippen LogP contribution in [0.3, 0.4) is 0 Å². The van der Waals surface area contributed by atoms with Crippen LogP contribution in [0.2, 0.25) is 5.35 Å². The van der Waals surface area contributed by atoms with Crippen LogP contribution in [0.25, 0.3) is 0 Å². The van der Waals surface area contributed by atoms with Crippen LogP contribution in [0, 0.1) is 6.92 Å². The molecule has 6 heteroatoms. The second-order valence-corrected chi connectivity index (χ2v) is 2.94. The maximum Gasteiger partial charge on any atom is 0.305 e. The van der Waals surface area contributed by atoms with Crippen molar-refractivity contribution in [3.63, 3.8) is 0 Å². The standard InChI is InChI=1S/C7H9ClN2O3/c1-3-6(13-7(8)10-3)4(9)2-5(11)12/h4H,2,9H2,1H3,(H,11,12). The number of oxazole rings is 1. The highest BCUT2D eigenvalue weighted by Crippen LogP contribution is 2.21. The lowest BCUT2D eigenvalue weighted by atomic mass is 10.1. The predicted octanol–water partition coefficient (Wildman–Crippen LogP) is 1.11. The molecule has 13 heavy (non-hydrogen) atoms. The highest BCUT2D eigenvalue weighted by Gasteiger charge is 2.18. The smallest absolute Gasteiger partial charge is 0.305 e. The first kappa shape index (κ1) is 10.0. The van der Waals surface area contributed by atoms with Gasteiger partial charge in [-0.3, -0.25) is 4.79 Å². The van der Waals surface area contributed by atoms with Crippen molar-refractivity contribution in [1.82, 2.24) is 4.98 Å². The molecule has 1 rings (SSSR count). The predicted molar refractivity (Wildman–Crippen MR) is 45.4 cm³/mol. The van der Waals surface area contributed by atoms with Gasteiger partial charge in [-0.2, -0.15) is 0 Å². The van der Waals surface area contributed by atoms with Crippen molar-refractivity contribution in [2.45, 2.75) is 19.4 Å². The molecule has 0 amide bonds. The Morgan fingerprint density at radius 2 is 2.46 bits per heavy atom. The molecular weight excluding hydrogens is 196 g/mol. The minimum absolute atomic E-state index is 0.0201. The molecule has 5 nitrogen and oxygen atoms in total. The van der Waals surface area contributed by atoms with Crippen LogP contribution < -0.4 is 5.73 Å². The molecule has 0 aromatic carbocycles. The van der Waals surface area contributed by atoms with E-state index in [0.717, 1.165) is 0 Å². The van der Waals surface area contributed by atoms with Gasteiger partial charge in [0.15, 0.2) is 0 Å². The lowest BCUT2D eigenvalue weighted by Crippen LogP contribution is -2.15. The summed E-state index contributed by atoms with van der Waals surface area (Å²) < 4.78 is 4.94. The number of nitrogens with zero attached hydrogens (tertiary/aromatic N) is 1. The van der Waals surface area contributed by atoms with E-state index in [-0.39, 0.29) is 11.8 Å². The highest BCUT2D eigenvalue weighted by molar-refractivity contribution is 6.27. The Bertz CT molecular complexity index is 324. The molecule has 1 aromatic heterocycles. The lowest BCUT2D eigenvalue weighted by Gasteiger charge is -2.04. The van der Waals surface area contributed by atoms with Gasteiger partial charge >= 0.3 is 5.97 Å². The van der Waals surface area contributed by atoms with E-state index in [1.807, 2.05) is 0 Å². The minimum Gasteiger partial charge on any atom is -0.481 e. The summed E-state index contributed by atoms with van der Waals surface area (Å²) >= 11 is 5.47. The van der Waals surface area contributed by atoms with Crippen molar-refractivity contribution < 1.29 is 14.3 Å². The van der Waals surface area contributed by atoms with Gasteiger partial charge in [0.05, 0.1) is 18.2 Å². The van der Waals surface area contributed by atoms with Gasteiger partial charge in [-0.05, 0) is 18.5 Å². The Balaban J connectivity index is 2.81. The van der Waals surface area contributed by atoms with Crippen molar-refractivity contribution in [3.05, 3.63) is 16.8 Å². The zero-order chi connectivity index (χ0) is 10.0. The van der Waals surface area contributed by atoms with E-state index in [9.17, 15) is 4.79 Å². The summed E-state index contributed by atoms with van der Waals surface area (Å²) in [4.78, 5) is 14.1. The summed E-state index contributed by atoms with van der Waals surface area (Å²) in [7, 11) is 0. The molecule has 0 bridgehead atoms. The first-order valence-corrected chi connectivity index (χ1v) is 3.98. The molecule has 1 aromatic rings. The third-order valence-electron chi connectivity index (χ3n) is 1.54. The van der Waals surface area contributed by atoms with Crippen LogP contribution in [-0.2, 0) is 4.79 Å². The van der Waals surface area contributed by atoms with Gasteiger partial charge < -0.3 is 15.3 Å². The van der Waals surface area contributed by atoms with Crippen LogP contribution in [0.1, 0.15) is 23.9 Å². The second kappa shape index (κ2) is 3.76. The minimum atomic E-state index is -0.987. The van der Waals surface area contributed by atoms with Crippen molar-refractivity contribution in [2.24, 2.45) is 5.73 Å². The van der Waals surface area contributed by atoms with E-state index in [1.165, 1.54) is 0 Å². The molecule has 3 N–H and O–H groups in total. The fourth-order valence-electron chi connectivity index (χ4n) is 0.999. The Kier molecular flexibility index (Phi) is 2.90. The molecule has 1 heterocycles. The van der Waals surface area contributed by atoms with E-state index in [4.69, 9.17) is 26.9 Å². The van der Waals surface area contributed by atoms with Gasteiger partial charge in [0, 0.05) is 0 Å². The third kappa shape index (κ3) is 2.43. The van der Waals surface area contributed by atoms with Gasteiger partial charge in [-0.1, -0.05) is 0 Å². The molecule has 0 fully saturated rings. The summed E-state index contributed by atoms with van der Waals surface area (Å²) in [5, 5.41) is 8.45. The number of nitrogens with two attached hydrogens (primary N) is 1. The largest absolute Gasteiger partial charge is 0.481 e. The number of aliphatic carboxylic acids is 1. The number of hydrogen-bond donors (Lipinski definition) is 2. The number of halogens is 1. The van der Waals surface area contributed by atoms with E-state index in [0.29, 0.717) is 11.5 Å². The molecule has 0 aliphatic carbocycles. The van der Waals surface area contributed by atoms with Crippen molar-refractivity contribution in [3.8, 4) is 0 Å². The molecule has 0 spiro atoms. The summed E-state index contributed by atoms with van der Waals surface area (Å²) in [6.45, 7) is 1.66. The van der Waals surface area contributed by atoms with Crippen LogP contribution in [0.4, 0.5) is 0 Å². The topological polar surface area (TPSA) is 89.4 Å². The van der Waals surface area contributed by atoms with Gasteiger partial charge in [-0.25, -0.2) is 4.98 Å². The monoisotopic (exact) mass is 204 g/mol. The van der Waals surface area contributed by atoms with E-state index in [2.05, 4.69) is 4.98 Å². The first-order valence-electron chi connectivity index (χ1n) is 3.61. The zero-order valence-electron chi connectivity index (χ0n) is 6.95. The van der Waals surface area contributed by atoms with Gasteiger partial charge in [0.2, 0.25) is 0 Å². The molecule has 1 unspecified atom stereocenters. The van der Waals surface area contributed by atoms with Crippen LogP contribution in [0.15, 0.2) is 4.42 Å². The molecule has 0 saturated carbocycles. The quantitative estimate of drug-likeness (QED) is 0.770. The second-order valence-electron chi connectivity index (χ2n) is 2.62. The number of hydrogen-bond acceptors (Lipinski definition) is 4. The van der Waals surface area contributed by atoms with Crippen LogP contribution >= 0.6 is 11.6 Å². The van der Waals surface area contributed by atoms with Crippen molar-refractivity contribution in [1.29, 1.82) is 0 Å². The highest BCUT2D eigenvalue weighted by atomic mass is 35.5. The third-order valence-corrected chi connectivity index (χ3v) is 1.70. The number of rotatable bonds is 3. The molecule has 72 valence electrons. The number of carboxylic acid groups (broad SMARTS) is 1. The Hall–Kier alpha value is -1.07. The zero-order valence-corrected chi connectivity index (χ0v) is 7.71. The Morgan fingerprint density at radius 3 is 2.85 bits per heavy atom. The molecular formula is C7H9ClN2O3. The van der Waals surface area contributed by atoms with Gasteiger partial charge in [0.25, 0.3) is 5.35 Å². The lowest BCUT2D eigenvalue weighted by molar-refractivity contribution is -0.137. The van der Waals surface area contributed by atoms with E-state index >= 15 is 0 Å². The maximum atomic E-state index is 10.3. The maximum absolute atomic E-state index is 10.3. The SMILES string of the molecule is Cc1nc(Cl)oc1C(N)CC(=O)O. The molecule has 0 radical (unpaired) electrons. The van der Waals surface area contributed by atoms with E-state index in [1.54, 1.807) is 6.92 Å². The Labute approximate surface area is 79.5 Å². The first-order chi connectivity index (χ1) is 6.00. The van der Waals surface area contributed by atoms with Gasteiger partial charge in [0.1, 0.15) is 5.76 Å². The molecule has 0 aliphatic rings. The fourth-order valence-corrected chi connectivity index (χ4v) is 1.21. The molecule has 0 saturated heterocycles. The van der Waals surface area contributed by atoms with Crippen LogP contribution in [-0.4, -0.2) is 16.1 Å². The summed E-state index contributed by atoms with van der Waals surface area (Å²) in [5.41, 5.74) is 6.06.